The zero-order valence-electron chi connectivity index (χ0n) is 15.9. The SMILES string of the molecule is CNC1CCN(C(=O)C(NS(=O)(=O)c2ccc(OC)cc2)C(C)C)CC1. The molecule has 1 heterocycles. The van der Waals surface area contributed by atoms with Crippen molar-refractivity contribution in [2.24, 2.45) is 5.92 Å². The minimum Gasteiger partial charge on any atom is -0.497 e. The Labute approximate surface area is 156 Å². The van der Waals surface area contributed by atoms with Crippen molar-refractivity contribution in [3.63, 3.8) is 0 Å². The van der Waals surface area contributed by atoms with Crippen LogP contribution in [0.1, 0.15) is 26.7 Å². The van der Waals surface area contributed by atoms with Crippen LogP contribution in [0.5, 0.6) is 5.75 Å². The summed E-state index contributed by atoms with van der Waals surface area (Å²) in [5.41, 5.74) is 0. The number of methoxy groups -OCH3 is 1. The predicted molar refractivity (Wildman–Crippen MR) is 101 cm³/mol. The van der Waals surface area contributed by atoms with Gasteiger partial charge in [-0.1, -0.05) is 13.8 Å². The molecule has 2 N–H and O–H groups in total. The van der Waals surface area contributed by atoms with E-state index in [1.165, 1.54) is 19.2 Å². The topological polar surface area (TPSA) is 87.7 Å². The highest BCUT2D eigenvalue weighted by Crippen LogP contribution is 2.19. The number of hydrogen-bond donors (Lipinski definition) is 2. The fourth-order valence-corrected chi connectivity index (χ4v) is 4.38. The van der Waals surface area contributed by atoms with E-state index in [0.29, 0.717) is 24.9 Å². The zero-order valence-corrected chi connectivity index (χ0v) is 16.7. The number of carbonyl (C=O) groups is 1. The highest BCUT2D eigenvalue weighted by molar-refractivity contribution is 7.89. The number of benzene rings is 1. The Morgan fingerprint density at radius 3 is 2.23 bits per heavy atom. The maximum Gasteiger partial charge on any atom is 0.241 e. The summed E-state index contributed by atoms with van der Waals surface area (Å²) in [6.45, 7) is 4.97. The van der Waals surface area contributed by atoms with E-state index in [-0.39, 0.29) is 16.7 Å². The van der Waals surface area contributed by atoms with Crippen LogP contribution in [0.25, 0.3) is 0 Å². The molecular formula is C18H29N3O4S. The van der Waals surface area contributed by atoms with Gasteiger partial charge in [0.2, 0.25) is 15.9 Å². The molecule has 1 saturated heterocycles. The standard InChI is InChI=1S/C18H29N3O4S/c1-13(2)17(18(22)21-11-9-14(19-3)10-12-21)20-26(23,24)16-7-5-15(25-4)6-8-16/h5-8,13-14,17,19-20H,9-12H2,1-4H3. The number of hydrogen-bond acceptors (Lipinski definition) is 5. The van der Waals surface area contributed by atoms with Crippen LogP contribution in [-0.4, -0.2) is 58.6 Å². The second-order valence-corrected chi connectivity index (χ2v) is 8.62. The van der Waals surface area contributed by atoms with Gasteiger partial charge in [0, 0.05) is 19.1 Å². The van der Waals surface area contributed by atoms with Gasteiger partial charge in [-0.15, -0.1) is 0 Å². The van der Waals surface area contributed by atoms with Gasteiger partial charge in [-0.2, -0.15) is 4.72 Å². The number of nitrogens with one attached hydrogen (secondary N) is 2. The molecule has 8 heteroatoms. The van der Waals surface area contributed by atoms with Crippen LogP contribution in [0.4, 0.5) is 0 Å². The normalized spacial score (nSPS) is 17.3. The molecule has 1 amide bonds. The highest BCUT2D eigenvalue weighted by Gasteiger charge is 2.33. The number of amides is 1. The summed E-state index contributed by atoms with van der Waals surface area (Å²) < 4.78 is 33.0. The Bertz CT molecular complexity index is 696. The molecule has 1 atom stereocenters. The molecular weight excluding hydrogens is 354 g/mol. The summed E-state index contributed by atoms with van der Waals surface area (Å²) in [5.74, 6) is 0.261. The smallest absolute Gasteiger partial charge is 0.241 e. The third kappa shape index (κ3) is 4.96. The van der Waals surface area contributed by atoms with Crippen molar-refractivity contribution in [1.82, 2.24) is 14.9 Å². The number of likely N-dealkylation sites (tertiary alicyclic amines) is 1. The summed E-state index contributed by atoms with van der Waals surface area (Å²) in [6.07, 6.45) is 1.75. The molecule has 0 spiro atoms. The van der Waals surface area contributed by atoms with Crippen LogP contribution in [0.15, 0.2) is 29.2 Å². The molecule has 0 aliphatic carbocycles. The molecule has 0 bridgehead atoms. The molecule has 26 heavy (non-hydrogen) atoms. The molecule has 1 aromatic rings. The molecule has 1 aliphatic rings. The first-order valence-electron chi connectivity index (χ1n) is 8.91. The average molecular weight is 384 g/mol. The van der Waals surface area contributed by atoms with Gasteiger partial charge in [-0.3, -0.25) is 4.79 Å². The van der Waals surface area contributed by atoms with E-state index in [1.807, 2.05) is 20.9 Å². The number of carbonyl (C=O) groups excluding carboxylic acids is 1. The molecule has 0 radical (unpaired) electrons. The van der Waals surface area contributed by atoms with Gasteiger partial charge in [-0.05, 0) is 50.1 Å². The molecule has 1 unspecified atom stereocenters. The first kappa shape index (κ1) is 20.7. The lowest BCUT2D eigenvalue weighted by molar-refractivity contribution is -0.135. The lowest BCUT2D eigenvalue weighted by Gasteiger charge is -2.35. The first-order valence-corrected chi connectivity index (χ1v) is 10.4. The summed E-state index contributed by atoms with van der Waals surface area (Å²) >= 11 is 0. The van der Waals surface area contributed by atoms with Gasteiger partial charge >= 0.3 is 0 Å². The minimum atomic E-state index is -3.79. The van der Waals surface area contributed by atoms with Crippen LogP contribution in [0.2, 0.25) is 0 Å². The Kier molecular flexibility index (Phi) is 7.02. The fraction of sp³-hybridized carbons (Fsp3) is 0.611. The second kappa shape index (κ2) is 8.83. The van der Waals surface area contributed by atoms with Crippen LogP contribution in [0, 0.1) is 5.92 Å². The van der Waals surface area contributed by atoms with E-state index in [4.69, 9.17) is 4.74 Å². The largest absolute Gasteiger partial charge is 0.497 e. The van der Waals surface area contributed by atoms with Crippen molar-refractivity contribution in [3.05, 3.63) is 24.3 Å². The number of rotatable bonds is 7. The van der Waals surface area contributed by atoms with Gasteiger partial charge in [0.15, 0.2) is 0 Å². The quantitative estimate of drug-likeness (QED) is 0.739. The van der Waals surface area contributed by atoms with Crippen molar-refractivity contribution in [2.75, 3.05) is 27.2 Å². The number of piperidine rings is 1. The van der Waals surface area contributed by atoms with Gasteiger partial charge in [0.1, 0.15) is 11.8 Å². The summed E-state index contributed by atoms with van der Waals surface area (Å²) in [5, 5.41) is 3.22. The Hall–Kier alpha value is -1.64. The lowest BCUT2D eigenvalue weighted by Crippen LogP contribution is -2.54. The van der Waals surface area contributed by atoms with Gasteiger partial charge < -0.3 is 15.0 Å². The fourth-order valence-electron chi connectivity index (χ4n) is 3.05. The monoisotopic (exact) mass is 383 g/mol. The van der Waals surface area contributed by atoms with E-state index >= 15 is 0 Å². The Morgan fingerprint density at radius 1 is 1.19 bits per heavy atom. The van der Waals surface area contributed by atoms with Crippen LogP contribution in [-0.2, 0) is 14.8 Å². The molecule has 1 fully saturated rings. The van der Waals surface area contributed by atoms with Crippen molar-refractivity contribution in [1.29, 1.82) is 0 Å². The molecule has 1 aromatic carbocycles. The Morgan fingerprint density at radius 2 is 1.77 bits per heavy atom. The maximum atomic E-state index is 12.9. The first-order chi connectivity index (χ1) is 12.3. The van der Waals surface area contributed by atoms with E-state index in [9.17, 15) is 13.2 Å². The summed E-state index contributed by atoms with van der Waals surface area (Å²) in [7, 11) is -0.355. The zero-order chi connectivity index (χ0) is 19.3. The van der Waals surface area contributed by atoms with Gasteiger partial charge in [0.25, 0.3) is 0 Å². The summed E-state index contributed by atoms with van der Waals surface area (Å²) in [6, 6.07) is 5.75. The molecule has 0 aromatic heterocycles. The Balaban J connectivity index is 2.12. The van der Waals surface area contributed by atoms with E-state index < -0.39 is 16.1 Å². The highest BCUT2D eigenvalue weighted by atomic mass is 32.2. The maximum absolute atomic E-state index is 12.9. The predicted octanol–water partition coefficient (Wildman–Crippen LogP) is 1.21. The average Bonchev–Trinajstić information content (AvgIpc) is 2.65. The molecule has 146 valence electrons. The van der Waals surface area contributed by atoms with E-state index in [0.717, 1.165) is 12.8 Å². The van der Waals surface area contributed by atoms with Crippen LogP contribution >= 0.6 is 0 Å². The van der Waals surface area contributed by atoms with Crippen LogP contribution in [0.3, 0.4) is 0 Å². The van der Waals surface area contributed by atoms with E-state index in [2.05, 4.69) is 10.0 Å². The van der Waals surface area contributed by atoms with Crippen molar-refractivity contribution in [2.45, 2.75) is 43.7 Å². The van der Waals surface area contributed by atoms with E-state index in [1.54, 1.807) is 17.0 Å². The van der Waals surface area contributed by atoms with Crippen LogP contribution < -0.4 is 14.8 Å². The number of ether oxygens (including phenoxy) is 1. The molecule has 2 rings (SSSR count). The molecule has 7 nitrogen and oxygen atoms in total. The third-order valence-corrected chi connectivity index (χ3v) is 6.26. The van der Waals surface area contributed by atoms with Crippen molar-refractivity contribution in [3.8, 4) is 5.75 Å². The number of sulfonamides is 1. The summed E-state index contributed by atoms with van der Waals surface area (Å²) in [4.78, 5) is 14.8. The van der Waals surface area contributed by atoms with Gasteiger partial charge in [0.05, 0.1) is 12.0 Å². The van der Waals surface area contributed by atoms with Crippen molar-refractivity contribution >= 4 is 15.9 Å². The van der Waals surface area contributed by atoms with Crippen molar-refractivity contribution < 1.29 is 17.9 Å². The lowest BCUT2D eigenvalue weighted by atomic mass is 10.0. The van der Waals surface area contributed by atoms with Gasteiger partial charge in [-0.25, -0.2) is 8.42 Å². The molecule has 0 saturated carbocycles. The minimum absolute atomic E-state index is 0.116. The number of nitrogens with zero attached hydrogens (tertiary/aromatic N) is 1. The second-order valence-electron chi connectivity index (χ2n) is 6.91. The molecule has 1 aliphatic heterocycles. The third-order valence-electron chi connectivity index (χ3n) is 4.80.